The van der Waals surface area contributed by atoms with Crippen LogP contribution in [0.25, 0.3) is 5.69 Å². The van der Waals surface area contributed by atoms with E-state index in [4.69, 9.17) is 0 Å². The maximum atomic E-state index is 12.9. The maximum Gasteiger partial charge on any atom is 0.251 e. The molecular weight excluding hydrogens is 617 g/mol. The Morgan fingerprint density at radius 3 is 2.40 bits per heavy atom. The lowest BCUT2D eigenvalue weighted by molar-refractivity contribution is -0.113. The van der Waals surface area contributed by atoms with Crippen molar-refractivity contribution in [2.75, 3.05) is 29.9 Å². The quantitative estimate of drug-likeness (QED) is 0.173. The van der Waals surface area contributed by atoms with E-state index in [0.717, 1.165) is 28.6 Å². The van der Waals surface area contributed by atoms with Gasteiger partial charge in [0, 0.05) is 24.3 Å². The summed E-state index contributed by atoms with van der Waals surface area (Å²) in [4.78, 5) is 25.7. The fourth-order valence-corrected chi connectivity index (χ4v) is 8.14. The SMILES string of the molecule is CCSc1nnc(NC(=O)CSc2nnc(CNC(=O)c3ccc(S(=O)(=O)N4CCCC4)cc3)n2-c2ccccc2)s1. The average Bonchev–Trinajstić information content (AvgIpc) is 3.78. The van der Waals surface area contributed by atoms with E-state index in [1.54, 1.807) is 16.3 Å². The van der Waals surface area contributed by atoms with Crippen LogP contribution in [-0.4, -0.2) is 74.1 Å². The van der Waals surface area contributed by atoms with Gasteiger partial charge in [-0.2, -0.15) is 4.31 Å². The van der Waals surface area contributed by atoms with Crippen molar-refractivity contribution in [3.05, 3.63) is 66.0 Å². The van der Waals surface area contributed by atoms with E-state index in [1.165, 1.54) is 51.7 Å². The van der Waals surface area contributed by atoms with Crippen molar-refractivity contribution in [3.63, 3.8) is 0 Å². The summed E-state index contributed by atoms with van der Waals surface area (Å²) in [5.41, 5.74) is 1.10. The number of nitrogens with one attached hydrogen (secondary N) is 2. The van der Waals surface area contributed by atoms with Gasteiger partial charge in [-0.25, -0.2) is 8.42 Å². The fraction of sp³-hybridized carbons (Fsp3) is 0.308. The van der Waals surface area contributed by atoms with E-state index < -0.39 is 10.0 Å². The topological polar surface area (TPSA) is 152 Å². The number of carbonyl (C=O) groups is 2. The molecule has 12 nitrogen and oxygen atoms in total. The van der Waals surface area contributed by atoms with Crippen molar-refractivity contribution in [3.8, 4) is 5.69 Å². The molecule has 16 heteroatoms. The first-order valence-corrected chi connectivity index (χ1v) is 17.3. The van der Waals surface area contributed by atoms with Crippen LogP contribution in [0.15, 0.2) is 69.0 Å². The van der Waals surface area contributed by atoms with Gasteiger partial charge in [0.15, 0.2) is 15.3 Å². The normalized spacial score (nSPS) is 13.7. The zero-order chi connectivity index (χ0) is 29.5. The van der Waals surface area contributed by atoms with Crippen molar-refractivity contribution in [2.24, 2.45) is 0 Å². The average molecular weight is 645 g/mol. The monoisotopic (exact) mass is 644 g/mol. The second kappa shape index (κ2) is 13.8. The Kier molecular flexibility index (Phi) is 9.89. The van der Waals surface area contributed by atoms with Crippen molar-refractivity contribution in [2.45, 2.75) is 40.7 Å². The van der Waals surface area contributed by atoms with Gasteiger partial charge in [-0.1, -0.05) is 60.0 Å². The number of aromatic nitrogens is 5. The molecule has 2 aromatic heterocycles. The van der Waals surface area contributed by atoms with Gasteiger partial charge in [-0.3, -0.25) is 19.5 Å². The number of thioether (sulfide) groups is 2. The molecule has 1 fully saturated rings. The zero-order valence-electron chi connectivity index (χ0n) is 22.6. The van der Waals surface area contributed by atoms with E-state index in [0.29, 0.717) is 34.8 Å². The summed E-state index contributed by atoms with van der Waals surface area (Å²) < 4.78 is 29.6. The number of sulfonamides is 1. The first-order chi connectivity index (χ1) is 20.3. The highest BCUT2D eigenvalue weighted by molar-refractivity contribution is 8.01. The molecule has 42 heavy (non-hydrogen) atoms. The third-order valence-electron chi connectivity index (χ3n) is 6.19. The van der Waals surface area contributed by atoms with E-state index in [-0.39, 0.29) is 29.0 Å². The number of anilines is 1. The number of hydrogen-bond donors (Lipinski definition) is 2. The highest BCUT2D eigenvalue weighted by atomic mass is 32.2. The van der Waals surface area contributed by atoms with E-state index in [9.17, 15) is 18.0 Å². The molecule has 0 aliphatic carbocycles. The number of nitrogens with zero attached hydrogens (tertiary/aromatic N) is 6. The molecule has 4 aromatic rings. The summed E-state index contributed by atoms with van der Waals surface area (Å²) in [5.74, 6) is 0.771. The van der Waals surface area contributed by atoms with E-state index in [1.807, 2.05) is 37.3 Å². The molecular formula is C26H28N8O4S4. The van der Waals surface area contributed by atoms with Crippen LogP contribution in [0.4, 0.5) is 5.13 Å². The predicted octanol–water partition coefficient (Wildman–Crippen LogP) is 3.68. The Labute approximate surface area is 255 Å². The summed E-state index contributed by atoms with van der Waals surface area (Å²) in [5, 5.41) is 23.1. The molecule has 1 saturated heterocycles. The minimum atomic E-state index is -3.56. The molecule has 2 amide bonds. The third-order valence-corrected chi connectivity index (χ3v) is 10.9. The molecule has 0 saturated carbocycles. The van der Waals surface area contributed by atoms with Crippen molar-refractivity contribution in [1.82, 2.24) is 34.6 Å². The van der Waals surface area contributed by atoms with Crippen LogP contribution >= 0.6 is 34.9 Å². The largest absolute Gasteiger partial charge is 0.345 e. The lowest BCUT2D eigenvalue weighted by atomic mass is 10.2. The van der Waals surface area contributed by atoms with Gasteiger partial charge in [-0.05, 0) is 55.0 Å². The maximum absolute atomic E-state index is 12.9. The Balaban J connectivity index is 1.24. The second-order valence-electron chi connectivity index (χ2n) is 9.03. The Hall–Kier alpha value is -3.31. The number of carbonyl (C=O) groups excluding carboxylic acids is 2. The Morgan fingerprint density at radius 1 is 0.952 bits per heavy atom. The molecule has 220 valence electrons. The molecule has 0 bridgehead atoms. The minimum Gasteiger partial charge on any atom is -0.345 e. The molecule has 2 aromatic carbocycles. The van der Waals surface area contributed by atoms with Crippen LogP contribution in [0.2, 0.25) is 0 Å². The molecule has 1 aliphatic rings. The van der Waals surface area contributed by atoms with Crippen molar-refractivity contribution < 1.29 is 18.0 Å². The number of benzene rings is 2. The predicted molar refractivity (Wildman–Crippen MR) is 163 cm³/mol. The molecule has 0 radical (unpaired) electrons. The fourth-order valence-electron chi connectivity index (χ4n) is 4.19. The van der Waals surface area contributed by atoms with Gasteiger partial charge < -0.3 is 5.32 Å². The van der Waals surface area contributed by atoms with Crippen LogP contribution in [0, 0.1) is 0 Å². The summed E-state index contributed by atoms with van der Waals surface area (Å²) in [7, 11) is -3.56. The van der Waals surface area contributed by atoms with Gasteiger partial charge in [0.1, 0.15) is 0 Å². The van der Waals surface area contributed by atoms with Crippen LogP contribution < -0.4 is 10.6 Å². The third kappa shape index (κ3) is 7.18. The summed E-state index contributed by atoms with van der Waals surface area (Å²) >= 11 is 4.09. The van der Waals surface area contributed by atoms with E-state index in [2.05, 4.69) is 31.0 Å². The number of para-hydroxylation sites is 1. The van der Waals surface area contributed by atoms with Crippen LogP contribution in [0.1, 0.15) is 35.9 Å². The Morgan fingerprint density at radius 2 is 1.69 bits per heavy atom. The van der Waals surface area contributed by atoms with Crippen LogP contribution in [0.5, 0.6) is 0 Å². The van der Waals surface area contributed by atoms with Gasteiger partial charge in [0.25, 0.3) is 5.91 Å². The minimum absolute atomic E-state index is 0.0595. The molecule has 3 heterocycles. The van der Waals surface area contributed by atoms with Crippen LogP contribution in [-0.2, 0) is 21.4 Å². The molecule has 0 atom stereocenters. The van der Waals surface area contributed by atoms with E-state index >= 15 is 0 Å². The molecule has 2 N–H and O–H groups in total. The highest BCUT2D eigenvalue weighted by Gasteiger charge is 2.27. The number of rotatable bonds is 12. The van der Waals surface area contributed by atoms with Gasteiger partial charge in [0.05, 0.1) is 17.2 Å². The molecule has 0 unspecified atom stereocenters. The first kappa shape index (κ1) is 30.2. The summed E-state index contributed by atoms with van der Waals surface area (Å²) in [6, 6.07) is 15.3. The molecule has 1 aliphatic heterocycles. The first-order valence-electron chi connectivity index (χ1n) is 13.1. The van der Waals surface area contributed by atoms with Crippen molar-refractivity contribution >= 4 is 61.8 Å². The van der Waals surface area contributed by atoms with Crippen LogP contribution in [0.3, 0.4) is 0 Å². The summed E-state index contributed by atoms with van der Waals surface area (Å²) in [6.07, 6.45) is 1.70. The lowest BCUT2D eigenvalue weighted by Gasteiger charge is -2.15. The van der Waals surface area contributed by atoms with Crippen molar-refractivity contribution in [1.29, 1.82) is 0 Å². The second-order valence-corrected chi connectivity index (χ2v) is 14.4. The highest BCUT2D eigenvalue weighted by Crippen LogP contribution is 2.26. The smallest absolute Gasteiger partial charge is 0.251 e. The standard InChI is InChI=1S/C26H28N8O4S4/c1-2-39-26-32-30-24(41-26)28-22(35)17-40-25-31-29-21(34(25)19-8-4-3-5-9-19)16-27-23(36)18-10-12-20(13-11-18)42(37,38)33-14-6-7-15-33/h3-5,8-13H,2,6-7,14-17H2,1H3,(H,27,36)(H,28,30,35). The lowest BCUT2D eigenvalue weighted by Crippen LogP contribution is -2.28. The molecule has 0 spiro atoms. The van der Waals surface area contributed by atoms with Gasteiger partial charge in [-0.15, -0.1) is 20.4 Å². The number of amides is 2. The number of hydrogen-bond acceptors (Lipinski definition) is 11. The molecule has 5 rings (SSSR count). The zero-order valence-corrected chi connectivity index (χ0v) is 25.9. The van der Waals surface area contributed by atoms with Gasteiger partial charge >= 0.3 is 0 Å². The summed E-state index contributed by atoms with van der Waals surface area (Å²) in [6.45, 7) is 3.11. The Bertz CT molecular complexity index is 1640. The van der Waals surface area contributed by atoms with Gasteiger partial charge in [0.2, 0.25) is 21.1 Å².